The van der Waals surface area contributed by atoms with Crippen molar-refractivity contribution in [3.8, 4) is 11.4 Å². The number of carbonyl (C=O) groups excluding carboxylic acids is 1. The molecule has 0 saturated carbocycles. The van der Waals surface area contributed by atoms with E-state index in [4.69, 9.17) is 0 Å². The van der Waals surface area contributed by atoms with E-state index in [1.807, 2.05) is 41.8 Å². The number of amides is 1. The second-order valence-electron chi connectivity index (χ2n) is 6.16. The molecule has 128 valence electrons. The van der Waals surface area contributed by atoms with Gasteiger partial charge in [-0.15, -0.1) is 0 Å². The van der Waals surface area contributed by atoms with E-state index in [1.165, 1.54) is 0 Å². The van der Waals surface area contributed by atoms with E-state index in [0.29, 0.717) is 0 Å². The number of sulfone groups is 1. The molecule has 24 heavy (non-hydrogen) atoms. The van der Waals surface area contributed by atoms with Gasteiger partial charge in [-0.05, 0) is 13.8 Å². The number of hydrogen-bond acceptors (Lipinski definition) is 4. The smallest absolute Gasteiger partial charge is 0.245 e. The predicted octanol–water partition coefficient (Wildman–Crippen LogP) is 1.76. The van der Waals surface area contributed by atoms with E-state index in [2.05, 4.69) is 4.98 Å². The van der Waals surface area contributed by atoms with E-state index >= 15 is 0 Å². The third-order valence-electron chi connectivity index (χ3n) is 4.52. The standard InChI is InChI=1S/C17H21N3O3S/c1-13-12-19(10-11-24(13,22)23)17(21)14(2)20-9-8-18-16(20)15-6-4-3-5-7-15/h3-9,13-14H,10-12H2,1-2H3. The van der Waals surface area contributed by atoms with Crippen LogP contribution in [-0.4, -0.2) is 52.9 Å². The van der Waals surface area contributed by atoms with Crippen LogP contribution in [0, 0.1) is 0 Å². The van der Waals surface area contributed by atoms with E-state index in [9.17, 15) is 13.2 Å². The SMILES string of the molecule is CC(C(=O)N1CCS(=O)(=O)C(C)C1)n1ccnc1-c1ccccc1. The molecule has 0 spiro atoms. The fourth-order valence-electron chi connectivity index (χ4n) is 2.97. The number of rotatable bonds is 3. The van der Waals surface area contributed by atoms with Crippen molar-refractivity contribution in [2.75, 3.05) is 18.8 Å². The fourth-order valence-corrected chi connectivity index (χ4v) is 4.26. The minimum absolute atomic E-state index is 0.0299. The van der Waals surface area contributed by atoms with Crippen molar-refractivity contribution in [1.29, 1.82) is 0 Å². The lowest BCUT2D eigenvalue weighted by Gasteiger charge is -2.33. The Hall–Kier alpha value is -2.15. The zero-order valence-corrected chi connectivity index (χ0v) is 14.6. The Kier molecular flexibility index (Phi) is 4.45. The van der Waals surface area contributed by atoms with Crippen molar-refractivity contribution in [2.45, 2.75) is 25.1 Å². The van der Waals surface area contributed by atoms with Crippen LogP contribution in [0.2, 0.25) is 0 Å². The van der Waals surface area contributed by atoms with Crippen LogP contribution in [0.1, 0.15) is 19.9 Å². The first kappa shape index (κ1) is 16.7. The Bertz CT molecular complexity index is 830. The van der Waals surface area contributed by atoms with Gasteiger partial charge in [0.15, 0.2) is 9.84 Å². The number of carbonyl (C=O) groups is 1. The van der Waals surface area contributed by atoms with Crippen LogP contribution in [0.25, 0.3) is 11.4 Å². The van der Waals surface area contributed by atoms with Crippen LogP contribution >= 0.6 is 0 Å². The first-order valence-electron chi connectivity index (χ1n) is 7.99. The van der Waals surface area contributed by atoms with E-state index in [0.717, 1.165) is 11.4 Å². The molecule has 1 amide bonds. The first-order chi connectivity index (χ1) is 11.4. The highest BCUT2D eigenvalue weighted by Crippen LogP contribution is 2.23. The van der Waals surface area contributed by atoms with Crippen molar-refractivity contribution >= 4 is 15.7 Å². The summed E-state index contributed by atoms with van der Waals surface area (Å²) >= 11 is 0. The average Bonchev–Trinajstić information content (AvgIpc) is 3.06. The van der Waals surface area contributed by atoms with Crippen molar-refractivity contribution in [3.63, 3.8) is 0 Å². The first-order valence-corrected chi connectivity index (χ1v) is 9.70. The Morgan fingerprint density at radius 2 is 2.00 bits per heavy atom. The van der Waals surface area contributed by atoms with Gasteiger partial charge in [-0.25, -0.2) is 13.4 Å². The molecular formula is C17H21N3O3S. The fraction of sp³-hybridized carbons (Fsp3) is 0.412. The minimum Gasteiger partial charge on any atom is -0.339 e. The lowest BCUT2D eigenvalue weighted by atomic mass is 10.2. The monoisotopic (exact) mass is 347 g/mol. The maximum Gasteiger partial charge on any atom is 0.245 e. The predicted molar refractivity (Wildman–Crippen MR) is 92.2 cm³/mol. The summed E-state index contributed by atoms with van der Waals surface area (Å²) in [6.07, 6.45) is 3.46. The van der Waals surface area contributed by atoms with Gasteiger partial charge >= 0.3 is 0 Å². The van der Waals surface area contributed by atoms with E-state index in [-0.39, 0.29) is 24.7 Å². The summed E-state index contributed by atoms with van der Waals surface area (Å²) in [4.78, 5) is 18.8. The molecule has 1 aromatic carbocycles. The number of hydrogen-bond donors (Lipinski definition) is 0. The summed E-state index contributed by atoms with van der Waals surface area (Å²) < 4.78 is 25.5. The van der Waals surface area contributed by atoms with Gasteiger partial charge in [-0.1, -0.05) is 30.3 Å². The quantitative estimate of drug-likeness (QED) is 0.848. The lowest BCUT2D eigenvalue weighted by molar-refractivity contribution is -0.134. The molecule has 2 heterocycles. The van der Waals surface area contributed by atoms with Crippen LogP contribution in [0.3, 0.4) is 0 Å². The molecule has 0 N–H and O–H groups in total. The Morgan fingerprint density at radius 3 is 2.67 bits per heavy atom. The normalized spacial score (nSPS) is 21.4. The van der Waals surface area contributed by atoms with Gasteiger partial charge in [0.2, 0.25) is 5.91 Å². The Labute approximate surface area is 142 Å². The summed E-state index contributed by atoms with van der Waals surface area (Å²) in [5.74, 6) is 0.684. The van der Waals surface area contributed by atoms with Gasteiger partial charge in [-0.2, -0.15) is 0 Å². The van der Waals surface area contributed by atoms with Crippen LogP contribution in [0.4, 0.5) is 0 Å². The van der Waals surface area contributed by atoms with Crippen LogP contribution in [-0.2, 0) is 14.6 Å². The van der Waals surface area contributed by atoms with Crippen molar-refractivity contribution in [2.24, 2.45) is 0 Å². The van der Waals surface area contributed by atoms with E-state index < -0.39 is 21.1 Å². The number of nitrogens with zero attached hydrogens (tertiary/aromatic N) is 3. The number of aromatic nitrogens is 2. The third kappa shape index (κ3) is 3.08. The maximum absolute atomic E-state index is 12.8. The van der Waals surface area contributed by atoms with Gasteiger partial charge < -0.3 is 9.47 Å². The second kappa shape index (κ2) is 6.39. The summed E-state index contributed by atoms with van der Waals surface area (Å²) in [6.45, 7) is 3.99. The van der Waals surface area contributed by atoms with Gasteiger partial charge in [-0.3, -0.25) is 4.79 Å². The molecule has 0 bridgehead atoms. The minimum atomic E-state index is -3.07. The molecular weight excluding hydrogens is 326 g/mol. The zero-order valence-electron chi connectivity index (χ0n) is 13.8. The second-order valence-corrected chi connectivity index (χ2v) is 8.70. The van der Waals surface area contributed by atoms with Crippen LogP contribution in [0.5, 0.6) is 0 Å². The average molecular weight is 347 g/mol. The third-order valence-corrected chi connectivity index (χ3v) is 6.65. The largest absolute Gasteiger partial charge is 0.339 e. The number of benzene rings is 1. The Morgan fingerprint density at radius 1 is 1.29 bits per heavy atom. The molecule has 2 unspecified atom stereocenters. The summed E-state index contributed by atoms with van der Waals surface area (Å²) in [7, 11) is -3.07. The highest BCUT2D eigenvalue weighted by Gasteiger charge is 2.34. The van der Waals surface area contributed by atoms with E-state index in [1.54, 1.807) is 24.2 Å². The molecule has 6 nitrogen and oxygen atoms in total. The number of imidazole rings is 1. The van der Waals surface area contributed by atoms with Gasteiger partial charge in [0.05, 0.1) is 11.0 Å². The van der Waals surface area contributed by atoms with Crippen LogP contribution in [0.15, 0.2) is 42.7 Å². The molecule has 2 atom stereocenters. The molecule has 1 aliphatic heterocycles. The molecule has 1 aliphatic rings. The van der Waals surface area contributed by atoms with Gasteiger partial charge in [0.25, 0.3) is 0 Å². The molecule has 1 fully saturated rings. The van der Waals surface area contributed by atoms with Gasteiger partial charge in [0.1, 0.15) is 11.9 Å². The molecule has 7 heteroatoms. The highest BCUT2D eigenvalue weighted by molar-refractivity contribution is 7.92. The maximum atomic E-state index is 12.8. The lowest BCUT2D eigenvalue weighted by Crippen LogP contribution is -2.49. The van der Waals surface area contributed by atoms with Gasteiger partial charge in [0, 0.05) is 31.0 Å². The molecule has 0 aliphatic carbocycles. The zero-order chi connectivity index (χ0) is 17.3. The summed E-state index contributed by atoms with van der Waals surface area (Å²) in [6, 6.07) is 9.25. The molecule has 1 saturated heterocycles. The molecule has 1 aromatic heterocycles. The Balaban J connectivity index is 1.82. The summed E-state index contributed by atoms with van der Waals surface area (Å²) in [5.41, 5.74) is 0.941. The summed E-state index contributed by atoms with van der Waals surface area (Å²) in [5, 5.41) is -0.515. The molecule has 3 rings (SSSR count). The topological polar surface area (TPSA) is 72.3 Å². The highest BCUT2D eigenvalue weighted by atomic mass is 32.2. The molecule has 0 radical (unpaired) electrons. The molecule has 2 aromatic rings. The van der Waals surface area contributed by atoms with Crippen molar-refractivity contribution in [3.05, 3.63) is 42.7 Å². The van der Waals surface area contributed by atoms with Crippen molar-refractivity contribution in [1.82, 2.24) is 14.5 Å². The van der Waals surface area contributed by atoms with Crippen molar-refractivity contribution < 1.29 is 13.2 Å². The van der Waals surface area contributed by atoms with Crippen LogP contribution < -0.4 is 0 Å².